The molecule has 0 aliphatic heterocycles. The zero-order valence-corrected chi connectivity index (χ0v) is 23.6. The van der Waals surface area contributed by atoms with Crippen molar-refractivity contribution in [3.8, 4) is 11.5 Å². The van der Waals surface area contributed by atoms with Gasteiger partial charge in [-0.3, -0.25) is 13.9 Å². The van der Waals surface area contributed by atoms with Gasteiger partial charge >= 0.3 is 0 Å². The summed E-state index contributed by atoms with van der Waals surface area (Å²) in [7, 11) is -1.02. The predicted octanol–water partition coefficient (Wildman–Crippen LogP) is 3.36. The number of anilines is 1. The maximum Gasteiger partial charge on any atom is 0.244 e. The van der Waals surface area contributed by atoms with Crippen molar-refractivity contribution in [1.29, 1.82) is 0 Å². The first-order valence-electron chi connectivity index (χ1n) is 12.2. The molecule has 1 unspecified atom stereocenters. The van der Waals surface area contributed by atoms with Crippen molar-refractivity contribution in [2.45, 2.75) is 46.7 Å². The number of nitrogens with zero attached hydrogens (tertiary/aromatic N) is 2. The summed E-state index contributed by atoms with van der Waals surface area (Å²) in [6.07, 6.45) is 1.39. The smallest absolute Gasteiger partial charge is 0.244 e. The van der Waals surface area contributed by atoms with Crippen LogP contribution >= 0.6 is 0 Å². The lowest BCUT2D eigenvalue weighted by atomic mass is 10.1. The molecule has 0 fully saturated rings. The Morgan fingerprint density at radius 1 is 1.05 bits per heavy atom. The second kappa shape index (κ2) is 13.3. The Kier molecular flexibility index (Phi) is 10.8. The lowest BCUT2D eigenvalue weighted by molar-refractivity contribution is -0.140. The van der Waals surface area contributed by atoms with Crippen LogP contribution in [0.3, 0.4) is 0 Å². The summed E-state index contributed by atoms with van der Waals surface area (Å²) in [5.74, 6) is 0.135. The Labute approximate surface area is 220 Å². The molecular formula is C27H39N3O6S. The van der Waals surface area contributed by atoms with E-state index < -0.39 is 28.5 Å². The third kappa shape index (κ3) is 8.11. The number of sulfonamides is 1. The molecule has 0 radical (unpaired) electrons. The van der Waals surface area contributed by atoms with Gasteiger partial charge in [-0.2, -0.15) is 0 Å². The monoisotopic (exact) mass is 533 g/mol. The quantitative estimate of drug-likeness (QED) is 0.423. The Morgan fingerprint density at radius 3 is 2.27 bits per heavy atom. The molecule has 0 aliphatic carbocycles. The number of hydrogen-bond donors (Lipinski definition) is 1. The average Bonchev–Trinajstić information content (AvgIpc) is 2.85. The van der Waals surface area contributed by atoms with Crippen LogP contribution in [-0.4, -0.2) is 64.7 Å². The molecule has 0 spiro atoms. The molecule has 2 amide bonds. The van der Waals surface area contributed by atoms with Gasteiger partial charge in [-0.1, -0.05) is 45.0 Å². The van der Waals surface area contributed by atoms with E-state index in [4.69, 9.17) is 9.47 Å². The van der Waals surface area contributed by atoms with Gasteiger partial charge in [0, 0.05) is 19.2 Å². The van der Waals surface area contributed by atoms with Crippen LogP contribution in [0.25, 0.3) is 0 Å². The summed E-state index contributed by atoms with van der Waals surface area (Å²) in [6.45, 7) is 7.86. The molecular weight excluding hydrogens is 494 g/mol. The van der Waals surface area contributed by atoms with Gasteiger partial charge in [-0.25, -0.2) is 8.42 Å². The third-order valence-corrected chi connectivity index (χ3v) is 7.13. The number of carbonyl (C=O) groups excluding carboxylic acids is 2. The molecule has 204 valence electrons. The Balaban J connectivity index is 2.53. The third-order valence-electron chi connectivity index (χ3n) is 6.01. The number of benzene rings is 2. The zero-order valence-electron chi connectivity index (χ0n) is 22.8. The van der Waals surface area contributed by atoms with Crippen LogP contribution in [0.4, 0.5) is 5.69 Å². The number of methoxy groups -OCH3 is 2. The van der Waals surface area contributed by atoms with Gasteiger partial charge in [0.2, 0.25) is 21.8 Å². The standard InChI is InChI=1S/C27H39N3O6S/c1-8-23(27(32)28-16-19(2)3)29(17-21-12-10-9-11-20(21)4)26(31)18-30(37(7,33)34)24-15-22(35-5)13-14-25(24)36-6/h9-15,19,23H,8,16-18H2,1-7H3,(H,28,32). The van der Waals surface area contributed by atoms with Gasteiger partial charge in [-0.05, 0) is 42.5 Å². The molecule has 0 bridgehead atoms. The van der Waals surface area contributed by atoms with Crippen LogP contribution in [0.5, 0.6) is 11.5 Å². The summed E-state index contributed by atoms with van der Waals surface area (Å²) >= 11 is 0. The number of nitrogens with one attached hydrogen (secondary N) is 1. The van der Waals surface area contributed by atoms with Gasteiger partial charge in [0.25, 0.3) is 0 Å². The number of amides is 2. The second-order valence-electron chi connectivity index (χ2n) is 9.32. The number of ether oxygens (including phenoxy) is 2. The molecule has 2 rings (SSSR count). The molecule has 0 heterocycles. The van der Waals surface area contributed by atoms with Gasteiger partial charge in [-0.15, -0.1) is 0 Å². The normalized spacial score (nSPS) is 12.1. The summed E-state index contributed by atoms with van der Waals surface area (Å²) < 4.78 is 37.4. The zero-order chi connectivity index (χ0) is 27.8. The van der Waals surface area contributed by atoms with Crippen molar-refractivity contribution in [3.05, 3.63) is 53.6 Å². The minimum atomic E-state index is -3.91. The summed E-state index contributed by atoms with van der Waals surface area (Å²) in [5, 5.41) is 2.92. The fraction of sp³-hybridized carbons (Fsp3) is 0.481. The first kappa shape index (κ1) is 30.0. The Hall–Kier alpha value is -3.27. The molecule has 37 heavy (non-hydrogen) atoms. The van der Waals surface area contributed by atoms with Crippen molar-refractivity contribution in [2.24, 2.45) is 5.92 Å². The number of aryl methyl sites for hydroxylation is 1. The highest BCUT2D eigenvalue weighted by molar-refractivity contribution is 7.92. The predicted molar refractivity (Wildman–Crippen MR) is 145 cm³/mol. The maximum atomic E-state index is 13.9. The van der Waals surface area contributed by atoms with Crippen molar-refractivity contribution in [3.63, 3.8) is 0 Å². The fourth-order valence-corrected chi connectivity index (χ4v) is 4.74. The van der Waals surface area contributed by atoms with E-state index in [1.165, 1.54) is 25.2 Å². The highest BCUT2D eigenvalue weighted by Gasteiger charge is 2.33. The van der Waals surface area contributed by atoms with Gasteiger partial charge < -0.3 is 19.7 Å². The molecule has 1 N–H and O–H groups in total. The van der Waals surface area contributed by atoms with E-state index >= 15 is 0 Å². The fourth-order valence-electron chi connectivity index (χ4n) is 3.90. The number of carbonyl (C=O) groups is 2. The molecule has 9 nitrogen and oxygen atoms in total. The highest BCUT2D eigenvalue weighted by atomic mass is 32.2. The molecule has 2 aromatic rings. The van der Waals surface area contributed by atoms with Crippen LogP contribution < -0.4 is 19.1 Å². The molecule has 1 atom stereocenters. The maximum absolute atomic E-state index is 13.9. The van der Waals surface area contributed by atoms with E-state index in [1.807, 2.05) is 52.0 Å². The first-order chi connectivity index (χ1) is 17.4. The van der Waals surface area contributed by atoms with E-state index in [0.29, 0.717) is 18.7 Å². The molecule has 0 aromatic heterocycles. The Bertz CT molecular complexity index is 1180. The van der Waals surface area contributed by atoms with E-state index in [0.717, 1.165) is 21.7 Å². The largest absolute Gasteiger partial charge is 0.497 e. The summed E-state index contributed by atoms with van der Waals surface area (Å²) in [4.78, 5) is 28.5. The first-order valence-corrected chi connectivity index (χ1v) is 14.1. The second-order valence-corrected chi connectivity index (χ2v) is 11.2. The summed E-state index contributed by atoms with van der Waals surface area (Å²) in [5.41, 5.74) is 2.01. The lowest BCUT2D eigenvalue weighted by Crippen LogP contribution is -2.52. The SMILES string of the molecule is CCC(C(=O)NCC(C)C)N(Cc1ccccc1C)C(=O)CN(c1cc(OC)ccc1OC)S(C)(=O)=O. The molecule has 0 aliphatic rings. The minimum Gasteiger partial charge on any atom is -0.497 e. The number of rotatable bonds is 13. The van der Waals surface area contributed by atoms with E-state index in [9.17, 15) is 18.0 Å². The van der Waals surface area contributed by atoms with Gasteiger partial charge in [0.05, 0.1) is 26.2 Å². The molecule has 2 aromatic carbocycles. The van der Waals surface area contributed by atoms with E-state index in [1.54, 1.807) is 12.1 Å². The van der Waals surface area contributed by atoms with Crippen LogP contribution in [-0.2, 0) is 26.2 Å². The van der Waals surface area contributed by atoms with Gasteiger partial charge in [0.1, 0.15) is 24.1 Å². The minimum absolute atomic E-state index is 0.159. The van der Waals surface area contributed by atoms with Crippen LogP contribution in [0, 0.1) is 12.8 Å². The van der Waals surface area contributed by atoms with Crippen LogP contribution in [0.1, 0.15) is 38.3 Å². The van der Waals surface area contributed by atoms with Crippen molar-refractivity contribution >= 4 is 27.5 Å². The highest BCUT2D eigenvalue weighted by Crippen LogP contribution is 2.34. The van der Waals surface area contributed by atoms with E-state index in [2.05, 4.69) is 5.32 Å². The summed E-state index contributed by atoms with van der Waals surface area (Å²) in [6, 6.07) is 11.5. The van der Waals surface area contributed by atoms with E-state index in [-0.39, 0.29) is 29.8 Å². The number of hydrogen-bond acceptors (Lipinski definition) is 6. The topological polar surface area (TPSA) is 105 Å². The van der Waals surface area contributed by atoms with Crippen molar-refractivity contribution in [1.82, 2.24) is 10.2 Å². The molecule has 10 heteroatoms. The van der Waals surface area contributed by atoms with Crippen molar-refractivity contribution in [2.75, 3.05) is 37.9 Å². The van der Waals surface area contributed by atoms with Crippen molar-refractivity contribution < 1.29 is 27.5 Å². The van der Waals surface area contributed by atoms with Crippen LogP contribution in [0.15, 0.2) is 42.5 Å². The Morgan fingerprint density at radius 2 is 1.73 bits per heavy atom. The van der Waals surface area contributed by atoms with Gasteiger partial charge in [0.15, 0.2) is 0 Å². The lowest BCUT2D eigenvalue weighted by Gasteiger charge is -2.33. The molecule has 0 saturated heterocycles. The van der Waals surface area contributed by atoms with Crippen LogP contribution in [0.2, 0.25) is 0 Å². The average molecular weight is 534 g/mol. The molecule has 0 saturated carbocycles.